The molecule has 0 fully saturated rings. The zero-order valence-corrected chi connectivity index (χ0v) is 16.1. The van der Waals surface area contributed by atoms with Gasteiger partial charge in [0.05, 0.1) is 25.8 Å². The molecule has 0 aliphatic carbocycles. The first-order valence-electron chi connectivity index (χ1n) is 8.34. The highest BCUT2D eigenvalue weighted by Gasteiger charge is 2.26. The number of methoxy groups -OCH3 is 1. The van der Waals surface area contributed by atoms with Gasteiger partial charge in [-0.25, -0.2) is 0 Å². The number of carbonyl (C=O) groups excluding carboxylic acids is 1. The Morgan fingerprint density at radius 3 is 2.74 bits per heavy atom. The zero-order valence-electron chi connectivity index (χ0n) is 14.6. The minimum Gasteiger partial charge on any atom is -0.497 e. The number of anilines is 1. The van der Waals surface area contributed by atoms with Crippen LogP contribution in [0.25, 0.3) is 11.6 Å². The number of carbonyl (C=O) groups is 1. The zero-order chi connectivity index (χ0) is 18.8. The molecule has 0 bridgehead atoms. The smallest absolute Gasteiger partial charge is 0.243 e. The lowest BCUT2D eigenvalue weighted by atomic mass is 10.1. The quantitative estimate of drug-likeness (QED) is 0.622. The van der Waals surface area contributed by atoms with E-state index < -0.39 is 0 Å². The van der Waals surface area contributed by atoms with Crippen LogP contribution in [-0.2, 0) is 11.3 Å². The predicted octanol–water partition coefficient (Wildman–Crippen LogP) is 4.32. The van der Waals surface area contributed by atoms with Crippen molar-refractivity contribution < 1.29 is 13.9 Å². The summed E-state index contributed by atoms with van der Waals surface area (Å²) in [6.07, 6.45) is 3.38. The topological polar surface area (TPSA) is 68.5 Å². The Hall–Kier alpha value is -2.93. The van der Waals surface area contributed by atoms with Crippen molar-refractivity contribution in [3.05, 3.63) is 70.3 Å². The third kappa shape index (κ3) is 3.64. The monoisotopic (exact) mass is 425 g/mol. The summed E-state index contributed by atoms with van der Waals surface area (Å²) < 4.78 is 11.4. The number of nitrogens with zero attached hydrogens (tertiary/aromatic N) is 3. The summed E-state index contributed by atoms with van der Waals surface area (Å²) in [5.41, 5.74) is 3.47. The number of fused-ring (bicyclic) bond motifs is 1. The second-order valence-corrected chi connectivity index (χ2v) is 7.04. The maximum absolute atomic E-state index is 13.1. The Bertz CT molecular complexity index is 998. The van der Waals surface area contributed by atoms with Gasteiger partial charge in [-0.1, -0.05) is 34.1 Å². The molecule has 1 amide bonds. The van der Waals surface area contributed by atoms with E-state index in [2.05, 4.69) is 26.1 Å². The largest absolute Gasteiger partial charge is 0.497 e. The van der Waals surface area contributed by atoms with Crippen molar-refractivity contribution in [1.29, 1.82) is 0 Å². The lowest BCUT2D eigenvalue weighted by Crippen LogP contribution is -2.30. The van der Waals surface area contributed by atoms with Crippen molar-refractivity contribution >= 4 is 39.2 Å². The summed E-state index contributed by atoms with van der Waals surface area (Å²) in [7, 11) is 1.63. The lowest BCUT2D eigenvalue weighted by Gasteiger charge is -2.23. The van der Waals surface area contributed by atoms with Crippen molar-refractivity contribution in [3.63, 3.8) is 0 Å². The summed E-state index contributed by atoms with van der Waals surface area (Å²) in [6, 6.07) is 13.6. The molecule has 0 unspecified atom stereocenters. The van der Waals surface area contributed by atoms with E-state index in [1.165, 1.54) is 6.39 Å². The highest BCUT2D eigenvalue weighted by atomic mass is 79.9. The molecule has 0 spiro atoms. The van der Waals surface area contributed by atoms with Gasteiger partial charge in [-0.2, -0.15) is 0 Å². The summed E-state index contributed by atoms with van der Waals surface area (Å²) >= 11 is 3.51. The first-order chi connectivity index (χ1) is 13.1. The highest BCUT2D eigenvalue weighted by Crippen LogP contribution is 2.35. The lowest BCUT2D eigenvalue weighted by molar-refractivity contribution is -0.117. The number of hydrogen-bond donors (Lipinski definition) is 0. The van der Waals surface area contributed by atoms with Crippen LogP contribution in [0.2, 0.25) is 0 Å². The van der Waals surface area contributed by atoms with Gasteiger partial charge in [-0.05, 0) is 41.5 Å². The molecule has 4 rings (SSSR count). The minimum atomic E-state index is -0.0351. The molecule has 6 nitrogen and oxygen atoms in total. The molecule has 27 heavy (non-hydrogen) atoms. The van der Waals surface area contributed by atoms with Gasteiger partial charge in [0.2, 0.25) is 18.2 Å². The Balaban J connectivity index is 1.73. The van der Waals surface area contributed by atoms with Crippen LogP contribution in [0.5, 0.6) is 5.75 Å². The summed E-state index contributed by atoms with van der Waals surface area (Å²) in [6.45, 7) is 0.456. The van der Waals surface area contributed by atoms with Crippen molar-refractivity contribution in [2.24, 2.45) is 0 Å². The molecule has 0 atom stereocenters. The van der Waals surface area contributed by atoms with Crippen LogP contribution in [0, 0.1) is 0 Å². The second kappa shape index (κ2) is 7.36. The maximum atomic E-state index is 13.1. The van der Waals surface area contributed by atoms with E-state index in [9.17, 15) is 4.79 Å². The number of halogens is 1. The van der Waals surface area contributed by atoms with Crippen LogP contribution in [0.15, 0.2) is 57.7 Å². The molecule has 0 saturated heterocycles. The van der Waals surface area contributed by atoms with Gasteiger partial charge >= 0.3 is 0 Å². The highest BCUT2D eigenvalue weighted by molar-refractivity contribution is 9.10. The first kappa shape index (κ1) is 17.5. The SMILES string of the molecule is COc1ccc(CN2C(=O)CC(c3nnco3)=Cc3ccc(Br)cc32)cc1. The van der Waals surface area contributed by atoms with Gasteiger partial charge in [0.15, 0.2) is 0 Å². The molecule has 0 N–H and O–H groups in total. The molecule has 7 heteroatoms. The molecule has 1 aliphatic heterocycles. The Morgan fingerprint density at radius 1 is 1.22 bits per heavy atom. The number of hydrogen-bond acceptors (Lipinski definition) is 5. The fraction of sp³-hybridized carbons (Fsp3) is 0.150. The number of benzene rings is 2. The van der Waals surface area contributed by atoms with Crippen molar-refractivity contribution in [3.8, 4) is 5.75 Å². The maximum Gasteiger partial charge on any atom is 0.243 e. The molecular weight excluding hydrogens is 410 g/mol. The molecule has 2 aromatic carbocycles. The summed E-state index contributed by atoms with van der Waals surface area (Å²) in [4.78, 5) is 14.9. The number of rotatable bonds is 4. The van der Waals surface area contributed by atoms with Gasteiger partial charge in [-0.3, -0.25) is 4.79 Å². The molecule has 0 radical (unpaired) electrons. The molecule has 3 aromatic rings. The fourth-order valence-electron chi connectivity index (χ4n) is 3.04. The Kier molecular flexibility index (Phi) is 4.77. The van der Waals surface area contributed by atoms with Gasteiger partial charge in [0, 0.05) is 10.0 Å². The molecule has 1 aromatic heterocycles. The van der Waals surface area contributed by atoms with Crippen LogP contribution < -0.4 is 9.64 Å². The molecule has 0 saturated carbocycles. The van der Waals surface area contributed by atoms with Crippen molar-refractivity contribution in [2.75, 3.05) is 12.0 Å². The molecule has 1 aliphatic rings. The standard InChI is InChI=1S/C20H16BrN3O3/c1-26-17-6-2-13(3-7-17)11-24-18-10-16(21)5-4-14(18)8-15(9-19(24)25)20-23-22-12-27-20/h2-8,10,12H,9,11H2,1H3. The first-order valence-corrected chi connectivity index (χ1v) is 9.13. The molecule has 2 heterocycles. The van der Waals surface area contributed by atoms with Crippen LogP contribution in [0.1, 0.15) is 23.4 Å². The van der Waals surface area contributed by atoms with Gasteiger partial charge in [-0.15, -0.1) is 10.2 Å². The van der Waals surface area contributed by atoms with Crippen LogP contribution >= 0.6 is 15.9 Å². The Morgan fingerprint density at radius 2 is 2.04 bits per heavy atom. The van der Waals surface area contributed by atoms with E-state index >= 15 is 0 Å². The third-order valence-electron chi connectivity index (χ3n) is 4.39. The van der Waals surface area contributed by atoms with E-state index in [-0.39, 0.29) is 12.3 Å². The van der Waals surface area contributed by atoms with Crippen LogP contribution in [-0.4, -0.2) is 23.2 Å². The van der Waals surface area contributed by atoms with E-state index in [0.717, 1.165) is 27.0 Å². The summed E-state index contributed by atoms with van der Waals surface area (Å²) in [5, 5.41) is 7.68. The van der Waals surface area contributed by atoms with E-state index in [1.807, 2.05) is 48.5 Å². The van der Waals surface area contributed by atoms with E-state index in [1.54, 1.807) is 12.0 Å². The average Bonchev–Trinajstić information content (AvgIpc) is 3.18. The summed E-state index contributed by atoms with van der Waals surface area (Å²) in [5.74, 6) is 1.11. The minimum absolute atomic E-state index is 0.0351. The predicted molar refractivity (Wildman–Crippen MR) is 105 cm³/mol. The number of aromatic nitrogens is 2. The third-order valence-corrected chi connectivity index (χ3v) is 4.88. The van der Waals surface area contributed by atoms with Gasteiger partial charge < -0.3 is 14.1 Å². The van der Waals surface area contributed by atoms with Crippen LogP contribution in [0.4, 0.5) is 5.69 Å². The van der Waals surface area contributed by atoms with Crippen LogP contribution in [0.3, 0.4) is 0 Å². The van der Waals surface area contributed by atoms with Crippen molar-refractivity contribution in [2.45, 2.75) is 13.0 Å². The number of amides is 1. The molecule has 136 valence electrons. The normalized spacial score (nSPS) is 13.8. The Labute approximate surface area is 164 Å². The number of ether oxygens (including phenoxy) is 1. The fourth-order valence-corrected chi connectivity index (χ4v) is 3.39. The van der Waals surface area contributed by atoms with Gasteiger partial charge in [0.25, 0.3) is 0 Å². The molecular formula is C20H16BrN3O3. The van der Waals surface area contributed by atoms with E-state index in [0.29, 0.717) is 18.0 Å². The average molecular weight is 426 g/mol. The second-order valence-electron chi connectivity index (χ2n) is 6.12. The van der Waals surface area contributed by atoms with Gasteiger partial charge in [0.1, 0.15) is 5.75 Å². The van der Waals surface area contributed by atoms with E-state index in [4.69, 9.17) is 9.15 Å². The van der Waals surface area contributed by atoms with Crippen molar-refractivity contribution in [1.82, 2.24) is 10.2 Å².